The maximum atomic E-state index is 15.1. The number of amidine groups is 1. The summed E-state index contributed by atoms with van der Waals surface area (Å²) in [7, 11) is 0. The highest BCUT2D eigenvalue weighted by Crippen LogP contribution is 2.35. The lowest BCUT2D eigenvalue weighted by molar-refractivity contribution is 0.0411. The van der Waals surface area contributed by atoms with Crippen molar-refractivity contribution < 1.29 is 9.13 Å². The number of hydrogen-bond donors (Lipinski definition) is 4. The number of nitrogens with one attached hydrogen (secondary N) is 2. The van der Waals surface area contributed by atoms with Gasteiger partial charge in [0.05, 0.1) is 34.4 Å². The lowest BCUT2D eigenvalue weighted by Gasteiger charge is -2.14. The third-order valence-corrected chi connectivity index (χ3v) is 7.67. The van der Waals surface area contributed by atoms with Crippen LogP contribution in [0.25, 0.3) is 28.0 Å². The molecule has 8 nitrogen and oxygen atoms in total. The van der Waals surface area contributed by atoms with Crippen molar-refractivity contribution >= 4 is 28.5 Å². The molecule has 0 saturated carbocycles. The maximum absolute atomic E-state index is 15.1. The van der Waals surface area contributed by atoms with E-state index in [9.17, 15) is 4.79 Å². The van der Waals surface area contributed by atoms with E-state index < -0.39 is 11.5 Å². The molecular formula is C30H34ClFN6O2. The van der Waals surface area contributed by atoms with Gasteiger partial charge in [0.1, 0.15) is 5.65 Å². The number of halogens is 2. The normalized spacial score (nSPS) is 17.9. The van der Waals surface area contributed by atoms with Gasteiger partial charge in [0.25, 0.3) is 0 Å². The van der Waals surface area contributed by atoms with Crippen molar-refractivity contribution in [3.63, 3.8) is 0 Å². The summed E-state index contributed by atoms with van der Waals surface area (Å²) < 4.78 is 22.7. The van der Waals surface area contributed by atoms with Crippen molar-refractivity contribution in [2.24, 2.45) is 11.5 Å². The summed E-state index contributed by atoms with van der Waals surface area (Å²) in [6.07, 6.45) is 7.36. The first-order valence-corrected chi connectivity index (χ1v) is 14.0. The molecule has 40 heavy (non-hydrogen) atoms. The van der Waals surface area contributed by atoms with Gasteiger partial charge in [0.15, 0.2) is 5.82 Å². The Bertz CT molecular complexity index is 1580. The molecule has 5 rings (SSSR count). The molecule has 4 aromatic rings. The minimum Gasteiger partial charge on any atom is -0.388 e. The number of aromatic nitrogens is 3. The summed E-state index contributed by atoms with van der Waals surface area (Å²) >= 11 is 6.23. The monoisotopic (exact) mass is 564 g/mol. The van der Waals surface area contributed by atoms with Gasteiger partial charge in [0.2, 0.25) is 0 Å². The van der Waals surface area contributed by atoms with E-state index in [4.69, 9.17) is 33.2 Å². The fourth-order valence-corrected chi connectivity index (χ4v) is 5.51. The van der Waals surface area contributed by atoms with Crippen LogP contribution in [0, 0.1) is 11.2 Å². The number of aromatic amines is 1. The molecule has 3 heterocycles. The second-order valence-electron chi connectivity index (χ2n) is 10.7. The Balaban J connectivity index is 1.37. The number of aryl methyl sites for hydroxylation is 1. The van der Waals surface area contributed by atoms with Crippen LogP contribution in [0.4, 0.5) is 4.39 Å². The molecule has 3 atom stereocenters. The average molecular weight is 565 g/mol. The molecule has 0 unspecified atom stereocenters. The first kappa shape index (κ1) is 28.0. The van der Waals surface area contributed by atoms with Gasteiger partial charge in [-0.3, -0.25) is 9.98 Å². The van der Waals surface area contributed by atoms with Crippen molar-refractivity contribution in [3.8, 4) is 16.9 Å². The molecule has 2 aromatic carbocycles. The number of nitrogens with two attached hydrogens (primary N) is 2. The SMILES string of the molecule is C[C@H](N)CCCc1cc(Cl)c(F)c(-c2cc3cn(-c4ccc([C@@H]5CC[C@@H](CCC(=N)N)O5)cc4)c(=O)nc3[nH]2)c1. The second-order valence-corrected chi connectivity index (χ2v) is 11.1. The van der Waals surface area contributed by atoms with E-state index >= 15 is 4.39 Å². The predicted octanol–water partition coefficient (Wildman–Crippen LogP) is 5.78. The number of H-pyrrole nitrogens is 1. The van der Waals surface area contributed by atoms with Crippen LogP contribution in [0.2, 0.25) is 5.02 Å². The zero-order valence-corrected chi connectivity index (χ0v) is 23.2. The molecule has 1 saturated heterocycles. The molecule has 1 fully saturated rings. The zero-order chi connectivity index (χ0) is 28.4. The fourth-order valence-electron chi connectivity index (χ4n) is 5.27. The van der Waals surface area contributed by atoms with Crippen LogP contribution in [0.15, 0.2) is 53.5 Å². The predicted molar refractivity (Wildman–Crippen MR) is 157 cm³/mol. The Labute approximate surface area is 237 Å². The minimum absolute atomic E-state index is 0.0215. The van der Waals surface area contributed by atoms with Gasteiger partial charge in [0, 0.05) is 29.6 Å². The minimum atomic E-state index is -0.521. The number of rotatable bonds is 10. The van der Waals surface area contributed by atoms with Crippen molar-refractivity contribution in [1.82, 2.24) is 14.5 Å². The molecule has 0 amide bonds. The van der Waals surface area contributed by atoms with Gasteiger partial charge in [-0.1, -0.05) is 23.7 Å². The van der Waals surface area contributed by atoms with Gasteiger partial charge in [-0.15, -0.1) is 0 Å². The summed E-state index contributed by atoms with van der Waals surface area (Å²) in [6.45, 7) is 1.96. The van der Waals surface area contributed by atoms with E-state index in [1.807, 2.05) is 31.2 Å². The van der Waals surface area contributed by atoms with E-state index in [1.165, 1.54) is 4.57 Å². The number of hydrogen-bond acceptors (Lipinski definition) is 5. The van der Waals surface area contributed by atoms with Crippen molar-refractivity contribution in [3.05, 3.63) is 81.1 Å². The summed E-state index contributed by atoms with van der Waals surface area (Å²) in [4.78, 5) is 20.2. The van der Waals surface area contributed by atoms with E-state index in [0.29, 0.717) is 34.4 Å². The Morgan fingerprint density at radius 2 is 2.05 bits per heavy atom. The fraction of sp³-hybridized carbons (Fsp3) is 0.367. The smallest absolute Gasteiger partial charge is 0.354 e. The lowest BCUT2D eigenvalue weighted by Crippen LogP contribution is -2.20. The van der Waals surface area contributed by atoms with Crippen molar-refractivity contribution in [2.75, 3.05) is 0 Å². The molecule has 0 radical (unpaired) electrons. The van der Waals surface area contributed by atoms with Crippen LogP contribution in [-0.4, -0.2) is 32.5 Å². The third-order valence-electron chi connectivity index (χ3n) is 7.40. The maximum Gasteiger partial charge on any atom is 0.354 e. The van der Waals surface area contributed by atoms with E-state index in [-0.39, 0.29) is 29.1 Å². The molecule has 6 N–H and O–H groups in total. The highest BCUT2D eigenvalue weighted by Gasteiger charge is 2.26. The first-order chi connectivity index (χ1) is 19.2. The molecule has 1 aliphatic rings. The quantitative estimate of drug-likeness (QED) is 0.143. The highest BCUT2D eigenvalue weighted by molar-refractivity contribution is 6.31. The van der Waals surface area contributed by atoms with E-state index in [0.717, 1.165) is 49.7 Å². The number of benzene rings is 2. The molecule has 0 aliphatic carbocycles. The number of nitrogens with zero attached hydrogens (tertiary/aromatic N) is 2. The van der Waals surface area contributed by atoms with Gasteiger partial charge >= 0.3 is 5.69 Å². The Hall–Kier alpha value is -3.53. The molecular weight excluding hydrogens is 531 g/mol. The first-order valence-electron chi connectivity index (χ1n) is 13.6. The molecule has 0 spiro atoms. The van der Waals surface area contributed by atoms with Crippen molar-refractivity contribution in [1.29, 1.82) is 5.41 Å². The van der Waals surface area contributed by atoms with Crippen LogP contribution >= 0.6 is 11.6 Å². The molecule has 210 valence electrons. The van der Waals surface area contributed by atoms with Crippen LogP contribution < -0.4 is 17.2 Å². The average Bonchev–Trinajstić information content (AvgIpc) is 3.56. The van der Waals surface area contributed by atoms with Gasteiger partial charge < -0.3 is 21.2 Å². The topological polar surface area (TPSA) is 136 Å². The summed E-state index contributed by atoms with van der Waals surface area (Å²) in [6, 6.07) is 13.0. The highest BCUT2D eigenvalue weighted by atomic mass is 35.5. The van der Waals surface area contributed by atoms with Gasteiger partial charge in [-0.25, -0.2) is 9.18 Å². The molecule has 2 aromatic heterocycles. The van der Waals surface area contributed by atoms with E-state index in [1.54, 1.807) is 24.4 Å². The molecule has 1 aliphatic heterocycles. The Morgan fingerprint density at radius 1 is 1.27 bits per heavy atom. The number of ether oxygens (including phenoxy) is 1. The van der Waals surface area contributed by atoms with E-state index in [2.05, 4.69) is 9.97 Å². The van der Waals surface area contributed by atoms with Crippen molar-refractivity contribution in [2.45, 2.75) is 70.1 Å². The van der Waals surface area contributed by atoms with Crippen LogP contribution in [0.3, 0.4) is 0 Å². The van der Waals surface area contributed by atoms with Crippen LogP contribution in [-0.2, 0) is 11.2 Å². The van der Waals surface area contributed by atoms with Gasteiger partial charge in [-0.2, -0.15) is 4.98 Å². The molecule has 0 bridgehead atoms. The van der Waals surface area contributed by atoms with Crippen LogP contribution in [0.1, 0.15) is 62.7 Å². The summed E-state index contributed by atoms with van der Waals surface area (Å²) in [5, 5.41) is 8.13. The Morgan fingerprint density at radius 3 is 2.77 bits per heavy atom. The standard InChI is InChI=1S/C30H34ClFN6O2/c1-17(33)3-2-4-18-13-23(28(32)24(31)14-18)25-15-20-16-38(30(39)37-29(20)36-25)21-7-5-19(6-8-21)26-11-9-22(40-26)10-12-27(34)35/h5-8,13-17,22,26H,2-4,9-12,33H2,1H3,(H3,34,35)(H,36,37,39)/t17-,22-,26-/m0/s1. The summed E-state index contributed by atoms with van der Waals surface area (Å²) in [5.41, 5.74) is 14.7. The second kappa shape index (κ2) is 11.9. The lowest BCUT2D eigenvalue weighted by atomic mass is 10.0. The third kappa shape index (κ3) is 6.27. The Kier molecular flexibility index (Phi) is 8.35. The van der Waals surface area contributed by atoms with Gasteiger partial charge in [-0.05, 0) is 86.9 Å². The largest absolute Gasteiger partial charge is 0.388 e. The zero-order valence-electron chi connectivity index (χ0n) is 22.4. The summed E-state index contributed by atoms with van der Waals surface area (Å²) in [5.74, 6) is -0.343. The van der Waals surface area contributed by atoms with Crippen LogP contribution in [0.5, 0.6) is 0 Å². The number of fused-ring (bicyclic) bond motifs is 1. The molecule has 10 heteroatoms.